The molecule has 14 N–H and O–H groups in total. The van der Waals surface area contributed by atoms with Crippen molar-refractivity contribution in [2.24, 2.45) is 33.7 Å². The van der Waals surface area contributed by atoms with Gasteiger partial charge in [0, 0.05) is 6.54 Å². The number of nitrogens with one attached hydrogen (secondary N) is 3. The van der Waals surface area contributed by atoms with Crippen LogP contribution in [0.3, 0.4) is 0 Å². The van der Waals surface area contributed by atoms with Crippen molar-refractivity contribution in [2.45, 2.75) is 69.6 Å². The fourth-order valence-electron chi connectivity index (χ4n) is 2.77. The molecule has 0 saturated heterocycles. The molecular formula is C19H37N9O6. The lowest BCUT2D eigenvalue weighted by Gasteiger charge is -2.23. The second kappa shape index (κ2) is 16.2. The number of carboxylic acid groups (broad SMARTS) is 1. The van der Waals surface area contributed by atoms with Gasteiger partial charge in [0.05, 0.1) is 12.5 Å². The molecule has 0 fully saturated rings. The predicted octanol–water partition coefficient (Wildman–Crippen LogP) is -4.07. The molecule has 0 aliphatic carbocycles. The molecule has 0 aromatic carbocycles. The maximum Gasteiger partial charge on any atom is 0.326 e. The first-order valence-electron chi connectivity index (χ1n) is 10.8. The van der Waals surface area contributed by atoms with Crippen LogP contribution in [0.2, 0.25) is 0 Å². The van der Waals surface area contributed by atoms with E-state index in [-0.39, 0.29) is 18.8 Å². The highest BCUT2D eigenvalue weighted by Crippen LogP contribution is 2.04. The zero-order chi connectivity index (χ0) is 26.3. The molecule has 4 atom stereocenters. The van der Waals surface area contributed by atoms with Crippen LogP contribution in [0, 0.1) is 0 Å². The van der Waals surface area contributed by atoms with Gasteiger partial charge in [-0.05, 0) is 45.6 Å². The van der Waals surface area contributed by atoms with Gasteiger partial charge in [0.1, 0.15) is 18.1 Å². The molecule has 194 valence electrons. The zero-order valence-corrected chi connectivity index (χ0v) is 19.3. The Labute approximate surface area is 197 Å². The van der Waals surface area contributed by atoms with Gasteiger partial charge < -0.3 is 49.7 Å². The van der Waals surface area contributed by atoms with Crippen LogP contribution in [0.5, 0.6) is 0 Å². The third kappa shape index (κ3) is 13.2. The van der Waals surface area contributed by atoms with Gasteiger partial charge in [0.25, 0.3) is 0 Å². The Morgan fingerprint density at radius 3 is 2.00 bits per heavy atom. The summed E-state index contributed by atoms with van der Waals surface area (Å²) >= 11 is 0. The molecule has 0 aliphatic heterocycles. The van der Waals surface area contributed by atoms with E-state index in [4.69, 9.17) is 28.7 Å². The van der Waals surface area contributed by atoms with Gasteiger partial charge in [0.15, 0.2) is 5.96 Å². The van der Waals surface area contributed by atoms with Gasteiger partial charge in [-0.1, -0.05) is 0 Å². The molecular weight excluding hydrogens is 450 g/mol. The van der Waals surface area contributed by atoms with E-state index in [2.05, 4.69) is 20.9 Å². The number of nitrogens with zero attached hydrogens (tertiary/aromatic N) is 1. The fraction of sp³-hybridized carbons (Fsp3) is 0.684. The second-order valence-corrected chi connectivity index (χ2v) is 7.70. The maximum absolute atomic E-state index is 12.6. The van der Waals surface area contributed by atoms with E-state index in [1.165, 1.54) is 6.92 Å². The Morgan fingerprint density at radius 2 is 1.47 bits per heavy atom. The fourth-order valence-corrected chi connectivity index (χ4v) is 2.77. The van der Waals surface area contributed by atoms with Gasteiger partial charge in [-0.2, -0.15) is 0 Å². The normalized spacial score (nSPS) is 14.1. The highest BCUT2D eigenvalue weighted by Gasteiger charge is 2.29. The third-order valence-electron chi connectivity index (χ3n) is 4.66. The van der Waals surface area contributed by atoms with Crippen LogP contribution in [-0.4, -0.2) is 77.9 Å². The van der Waals surface area contributed by atoms with Gasteiger partial charge in [0.2, 0.25) is 23.6 Å². The number of guanidine groups is 1. The molecule has 0 rings (SSSR count). The Kier molecular flexibility index (Phi) is 14.6. The van der Waals surface area contributed by atoms with E-state index in [9.17, 15) is 29.1 Å². The molecule has 0 aromatic rings. The lowest BCUT2D eigenvalue weighted by atomic mass is 10.1. The number of rotatable bonds is 17. The summed E-state index contributed by atoms with van der Waals surface area (Å²) < 4.78 is 0. The Hall–Kier alpha value is -3.46. The quantitative estimate of drug-likeness (QED) is 0.0543. The summed E-state index contributed by atoms with van der Waals surface area (Å²) in [5.74, 6) is -4.51. The zero-order valence-electron chi connectivity index (χ0n) is 19.3. The highest BCUT2D eigenvalue weighted by molar-refractivity contribution is 5.94. The molecule has 0 bridgehead atoms. The van der Waals surface area contributed by atoms with Crippen molar-refractivity contribution in [1.29, 1.82) is 0 Å². The van der Waals surface area contributed by atoms with Crippen molar-refractivity contribution in [3.05, 3.63) is 0 Å². The number of carbonyl (C=O) groups is 5. The first kappa shape index (κ1) is 30.5. The number of nitrogens with two attached hydrogens (primary N) is 5. The lowest BCUT2D eigenvalue weighted by molar-refractivity contribution is -0.143. The number of primary amides is 1. The van der Waals surface area contributed by atoms with E-state index in [0.29, 0.717) is 32.4 Å². The van der Waals surface area contributed by atoms with Crippen molar-refractivity contribution in [3.63, 3.8) is 0 Å². The molecule has 0 radical (unpaired) electrons. The summed E-state index contributed by atoms with van der Waals surface area (Å²) in [5.41, 5.74) is 26.7. The summed E-state index contributed by atoms with van der Waals surface area (Å²) in [4.78, 5) is 63.6. The topological polar surface area (TPSA) is 284 Å². The molecule has 0 saturated carbocycles. The maximum atomic E-state index is 12.6. The van der Waals surface area contributed by atoms with Gasteiger partial charge in [-0.15, -0.1) is 0 Å². The Balaban J connectivity index is 5.02. The number of amides is 4. The van der Waals surface area contributed by atoms with Crippen LogP contribution in [0.4, 0.5) is 0 Å². The predicted molar refractivity (Wildman–Crippen MR) is 124 cm³/mol. The van der Waals surface area contributed by atoms with Crippen molar-refractivity contribution < 1.29 is 29.1 Å². The van der Waals surface area contributed by atoms with Crippen LogP contribution in [0.1, 0.15) is 45.4 Å². The summed E-state index contributed by atoms with van der Waals surface area (Å²) in [5, 5.41) is 16.3. The van der Waals surface area contributed by atoms with Crippen molar-refractivity contribution >= 4 is 35.6 Å². The first-order chi connectivity index (χ1) is 15.9. The van der Waals surface area contributed by atoms with Crippen LogP contribution < -0.4 is 44.6 Å². The van der Waals surface area contributed by atoms with E-state index in [1.807, 2.05) is 0 Å². The highest BCUT2D eigenvalue weighted by atomic mass is 16.4. The molecule has 4 unspecified atom stereocenters. The average Bonchev–Trinajstić information content (AvgIpc) is 2.74. The van der Waals surface area contributed by atoms with Crippen LogP contribution in [0.15, 0.2) is 4.99 Å². The molecule has 0 aliphatic rings. The smallest absolute Gasteiger partial charge is 0.326 e. The minimum Gasteiger partial charge on any atom is -0.480 e. The number of unbranched alkanes of at least 4 members (excludes halogenated alkanes) is 1. The Bertz CT molecular complexity index is 742. The van der Waals surface area contributed by atoms with Gasteiger partial charge in [-0.3, -0.25) is 24.2 Å². The number of aliphatic carboxylic acids is 1. The van der Waals surface area contributed by atoms with E-state index in [0.717, 1.165) is 0 Å². The number of aliphatic imine (C=N–C) groups is 1. The van der Waals surface area contributed by atoms with Crippen molar-refractivity contribution in [1.82, 2.24) is 16.0 Å². The largest absolute Gasteiger partial charge is 0.480 e. The van der Waals surface area contributed by atoms with E-state index >= 15 is 0 Å². The summed E-state index contributed by atoms with van der Waals surface area (Å²) in [6, 6.07) is -4.62. The van der Waals surface area contributed by atoms with Crippen LogP contribution >= 0.6 is 0 Å². The van der Waals surface area contributed by atoms with Crippen molar-refractivity contribution in [3.8, 4) is 0 Å². The molecule has 15 nitrogen and oxygen atoms in total. The van der Waals surface area contributed by atoms with Gasteiger partial charge in [-0.25, -0.2) is 4.79 Å². The van der Waals surface area contributed by atoms with Gasteiger partial charge >= 0.3 is 5.97 Å². The lowest BCUT2D eigenvalue weighted by Crippen LogP contribution is -2.56. The molecule has 0 heterocycles. The molecule has 0 spiro atoms. The number of carboxylic acids is 1. The third-order valence-corrected chi connectivity index (χ3v) is 4.66. The first-order valence-corrected chi connectivity index (χ1v) is 10.8. The summed E-state index contributed by atoms with van der Waals surface area (Å²) in [6.07, 6.45) is 1.29. The second-order valence-electron chi connectivity index (χ2n) is 7.70. The molecule has 15 heteroatoms. The number of hydrogen-bond acceptors (Lipinski definition) is 8. The Morgan fingerprint density at radius 1 is 0.853 bits per heavy atom. The van der Waals surface area contributed by atoms with Crippen LogP contribution in [0.25, 0.3) is 0 Å². The van der Waals surface area contributed by atoms with E-state index in [1.54, 1.807) is 0 Å². The average molecular weight is 488 g/mol. The summed E-state index contributed by atoms with van der Waals surface area (Å²) in [6.45, 7) is 2.06. The van der Waals surface area contributed by atoms with Crippen LogP contribution in [-0.2, 0) is 24.0 Å². The number of hydrogen-bond donors (Lipinski definition) is 9. The van der Waals surface area contributed by atoms with E-state index < -0.39 is 60.2 Å². The minimum absolute atomic E-state index is 0.0716. The SMILES string of the molecule is CC(NC(=O)C(N)CCCN=C(N)N)C(=O)NC(CCCCN)C(=O)NC(CC(N)=O)C(=O)O. The minimum atomic E-state index is -1.55. The standard InChI is InChI=1S/C19H37N9O6/c1-10(26-16(31)11(21)5-4-8-25-19(23)24)15(30)27-12(6-2-3-7-20)17(32)28-13(18(33)34)9-14(22)29/h10-13H,2-9,20-21H2,1H3,(H2,22,29)(H,26,31)(H,27,30)(H,28,32)(H,33,34)(H4,23,24,25). The summed E-state index contributed by atoms with van der Waals surface area (Å²) in [7, 11) is 0. The molecule has 34 heavy (non-hydrogen) atoms. The molecule has 4 amide bonds. The monoisotopic (exact) mass is 487 g/mol. The number of carbonyl (C=O) groups excluding carboxylic acids is 4. The van der Waals surface area contributed by atoms with Crippen molar-refractivity contribution in [2.75, 3.05) is 13.1 Å². The molecule has 0 aromatic heterocycles.